The summed E-state index contributed by atoms with van der Waals surface area (Å²) in [5.41, 5.74) is 11.0. The average molecular weight is 516 g/mol. The van der Waals surface area contributed by atoms with Gasteiger partial charge < -0.3 is 25.4 Å². The van der Waals surface area contributed by atoms with Crippen LogP contribution in [0.15, 0.2) is 41.3 Å². The molecule has 4 aromatic rings. The van der Waals surface area contributed by atoms with E-state index in [1.807, 2.05) is 49.7 Å². The van der Waals surface area contributed by atoms with Crippen LogP contribution in [0.1, 0.15) is 40.2 Å². The van der Waals surface area contributed by atoms with E-state index in [1.165, 1.54) is 24.7 Å². The van der Waals surface area contributed by atoms with Crippen molar-refractivity contribution in [1.82, 2.24) is 24.2 Å². The predicted octanol–water partition coefficient (Wildman–Crippen LogP) is 2.95. The minimum Gasteiger partial charge on any atom is -0.412 e. The van der Waals surface area contributed by atoms with Crippen LogP contribution in [-0.4, -0.2) is 56.8 Å². The van der Waals surface area contributed by atoms with E-state index in [4.69, 9.17) is 10.6 Å². The number of likely N-dealkylation sites (tertiary alicyclic amines) is 1. The van der Waals surface area contributed by atoms with Crippen LogP contribution in [0.3, 0.4) is 0 Å². The van der Waals surface area contributed by atoms with Crippen molar-refractivity contribution in [3.8, 4) is 11.1 Å². The first kappa shape index (κ1) is 25.5. The molecule has 0 aliphatic carbocycles. The minimum atomic E-state index is -0.546. The summed E-state index contributed by atoms with van der Waals surface area (Å²) in [5, 5.41) is 3.78. The van der Waals surface area contributed by atoms with Crippen molar-refractivity contribution in [3.05, 3.63) is 69.4 Å². The van der Waals surface area contributed by atoms with Gasteiger partial charge in [-0.2, -0.15) is 4.98 Å². The summed E-state index contributed by atoms with van der Waals surface area (Å²) in [6.45, 7) is 7.08. The molecule has 0 bridgehead atoms. The fourth-order valence-corrected chi connectivity index (χ4v) is 5.41. The van der Waals surface area contributed by atoms with Gasteiger partial charge in [-0.05, 0) is 68.6 Å². The van der Waals surface area contributed by atoms with Gasteiger partial charge in [-0.1, -0.05) is 18.2 Å². The van der Waals surface area contributed by atoms with Crippen molar-refractivity contribution >= 4 is 28.6 Å². The summed E-state index contributed by atoms with van der Waals surface area (Å²) in [7, 11) is 3.27. The first-order chi connectivity index (χ1) is 18.3. The zero-order chi connectivity index (χ0) is 27.0. The molecule has 3 N–H and O–H groups in total. The average Bonchev–Trinajstić information content (AvgIpc) is 3.50. The number of benzene rings is 1. The molecular formula is C28H33N7O3. The third-order valence-electron chi connectivity index (χ3n) is 7.33. The minimum absolute atomic E-state index is 0.224. The number of amides is 1. The first-order valence-electron chi connectivity index (χ1n) is 12.8. The van der Waals surface area contributed by atoms with E-state index in [2.05, 4.69) is 20.2 Å². The Bertz CT molecular complexity index is 1560. The van der Waals surface area contributed by atoms with Crippen LogP contribution in [0.5, 0.6) is 0 Å². The Morgan fingerprint density at radius 2 is 1.87 bits per heavy atom. The Morgan fingerprint density at radius 1 is 1.16 bits per heavy atom. The molecule has 10 heteroatoms. The molecule has 1 aliphatic rings. The number of nitrogens with two attached hydrogens (primary N) is 1. The molecule has 1 fully saturated rings. The summed E-state index contributed by atoms with van der Waals surface area (Å²) in [5.74, 6) is -0.322. The molecule has 5 rings (SSSR count). The van der Waals surface area contributed by atoms with E-state index in [-0.39, 0.29) is 11.5 Å². The maximum atomic E-state index is 13.4. The van der Waals surface area contributed by atoms with Crippen LogP contribution in [-0.2, 0) is 13.5 Å². The zero-order valence-corrected chi connectivity index (χ0v) is 22.2. The van der Waals surface area contributed by atoms with Gasteiger partial charge in [0.1, 0.15) is 12.8 Å². The summed E-state index contributed by atoms with van der Waals surface area (Å²) < 4.78 is 2.99. The van der Waals surface area contributed by atoms with Gasteiger partial charge in [0.15, 0.2) is 5.65 Å². The summed E-state index contributed by atoms with van der Waals surface area (Å²) in [6.07, 6.45) is 4.88. The molecule has 198 valence electrons. The second kappa shape index (κ2) is 10.3. The zero-order valence-electron chi connectivity index (χ0n) is 22.2. The van der Waals surface area contributed by atoms with Crippen LogP contribution in [0.2, 0.25) is 0 Å². The van der Waals surface area contributed by atoms with Crippen molar-refractivity contribution in [1.29, 1.82) is 0 Å². The lowest BCUT2D eigenvalue weighted by Gasteiger charge is -2.14. The van der Waals surface area contributed by atoms with Crippen LogP contribution in [0.4, 0.5) is 11.6 Å². The number of aryl methyl sites for hydroxylation is 2. The first-order valence-corrected chi connectivity index (χ1v) is 12.8. The number of hydrogen-bond donors (Lipinski definition) is 2. The van der Waals surface area contributed by atoms with E-state index in [0.717, 1.165) is 48.4 Å². The number of anilines is 2. The number of pyridine rings is 1. The van der Waals surface area contributed by atoms with Crippen LogP contribution in [0.25, 0.3) is 22.2 Å². The van der Waals surface area contributed by atoms with Crippen molar-refractivity contribution in [2.45, 2.75) is 33.1 Å². The van der Waals surface area contributed by atoms with Crippen LogP contribution >= 0.6 is 0 Å². The highest BCUT2D eigenvalue weighted by atomic mass is 16.6. The highest BCUT2D eigenvalue weighted by Gasteiger charge is 2.21. The molecule has 4 heterocycles. The molecule has 10 nitrogen and oxygen atoms in total. The summed E-state index contributed by atoms with van der Waals surface area (Å²) >= 11 is 0. The molecule has 0 atom stereocenters. The third kappa shape index (κ3) is 4.63. The van der Waals surface area contributed by atoms with E-state index in [1.54, 1.807) is 12.3 Å². The van der Waals surface area contributed by atoms with Gasteiger partial charge in [-0.15, -0.1) is 4.73 Å². The van der Waals surface area contributed by atoms with E-state index in [9.17, 15) is 9.59 Å². The quantitative estimate of drug-likeness (QED) is 0.370. The maximum absolute atomic E-state index is 13.4. The van der Waals surface area contributed by atoms with Gasteiger partial charge in [0, 0.05) is 37.3 Å². The Balaban J connectivity index is 1.52. The number of nitrogens with one attached hydrogen (secondary N) is 1. The number of carbonyl (C=O) groups excluding carboxylic acids is 1. The van der Waals surface area contributed by atoms with Gasteiger partial charge in [0.05, 0.1) is 11.3 Å². The Kier molecular flexibility index (Phi) is 6.90. The van der Waals surface area contributed by atoms with Crippen molar-refractivity contribution in [2.75, 3.05) is 32.1 Å². The smallest absolute Gasteiger partial charge is 0.292 e. The maximum Gasteiger partial charge on any atom is 0.292 e. The molecule has 1 aliphatic heterocycles. The topological polar surface area (TPSA) is 120 Å². The summed E-state index contributed by atoms with van der Waals surface area (Å²) in [4.78, 5) is 42.7. The fraction of sp³-hybridized carbons (Fsp3) is 0.357. The molecule has 0 radical (unpaired) electrons. The molecular weight excluding hydrogens is 482 g/mol. The number of aromatic nitrogens is 4. The Morgan fingerprint density at radius 3 is 2.53 bits per heavy atom. The number of hydrogen-bond acceptors (Lipinski definition) is 7. The largest absolute Gasteiger partial charge is 0.412 e. The fourth-order valence-electron chi connectivity index (χ4n) is 5.41. The molecule has 0 unspecified atom stereocenters. The second-order valence-corrected chi connectivity index (χ2v) is 9.82. The Labute approximate surface area is 221 Å². The summed E-state index contributed by atoms with van der Waals surface area (Å²) in [6, 6.07) is 9.62. The second-order valence-electron chi connectivity index (χ2n) is 9.82. The monoisotopic (exact) mass is 515 g/mol. The van der Waals surface area contributed by atoms with E-state index < -0.39 is 5.91 Å². The lowest BCUT2D eigenvalue weighted by molar-refractivity contribution is 0.0993. The van der Waals surface area contributed by atoms with Crippen molar-refractivity contribution < 1.29 is 9.63 Å². The molecule has 0 saturated carbocycles. The highest BCUT2D eigenvalue weighted by molar-refractivity contribution is 5.98. The molecule has 0 spiro atoms. The van der Waals surface area contributed by atoms with Crippen LogP contribution in [0, 0.1) is 13.8 Å². The van der Waals surface area contributed by atoms with Gasteiger partial charge >= 0.3 is 0 Å². The van der Waals surface area contributed by atoms with Gasteiger partial charge in [-0.3, -0.25) is 9.59 Å². The van der Waals surface area contributed by atoms with E-state index >= 15 is 0 Å². The Hall–Kier alpha value is -4.18. The SMILES string of the molecule is COn1c(=O)c(-c2c(C)cccc2C)cc2cnc(Nc3cc(CCN4CCCC4)n(C)c3C(N)=O)nc21. The van der Waals surface area contributed by atoms with Crippen LogP contribution < -0.4 is 21.4 Å². The highest BCUT2D eigenvalue weighted by Crippen LogP contribution is 2.28. The third-order valence-corrected chi connectivity index (χ3v) is 7.33. The number of nitrogens with zero attached hydrogens (tertiary/aromatic N) is 5. The number of fused-ring (bicyclic) bond motifs is 1. The van der Waals surface area contributed by atoms with E-state index in [0.29, 0.717) is 28.0 Å². The number of primary amides is 1. The lowest BCUT2D eigenvalue weighted by Crippen LogP contribution is -2.27. The number of carbonyl (C=O) groups is 1. The lowest BCUT2D eigenvalue weighted by atomic mass is 9.96. The molecule has 1 saturated heterocycles. The van der Waals surface area contributed by atoms with Gasteiger partial charge in [0.25, 0.3) is 11.5 Å². The standard InChI is InChI=1S/C28H33N7O3/c1-17-8-7-9-18(2)23(17)21-14-19-16-30-28(32-26(19)35(38-4)27(21)37)31-22-15-20(33(3)24(22)25(29)36)10-13-34-11-5-6-12-34/h7-9,14-16H,5-6,10-13H2,1-4H3,(H2,29,36)(H,30,31,32). The molecule has 38 heavy (non-hydrogen) atoms. The molecule has 3 aromatic heterocycles. The number of rotatable bonds is 8. The van der Waals surface area contributed by atoms with Crippen molar-refractivity contribution in [3.63, 3.8) is 0 Å². The predicted molar refractivity (Wildman–Crippen MR) is 148 cm³/mol. The van der Waals surface area contributed by atoms with Crippen molar-refractivity contribution in [2.24, 2.45) is 12.8 Å². The van der Waals surface area contributed by atoms with Gasteiger partial charge in [0.2, 0.25) is 5.95 Å². The van der Waals surface area contributed by atoms with Gasteiger partial charge in [-0.25, -0.2) is 4.98 Å². The molecule has 1 aromatic carbocycles. The normalized spacial score (nSPS) is 13.8. The molecule has 1 amide bonds.